The van der Waals surface area contributed by atoms with Gasteiger partial charge in [0.15, 0.2) is 0 Å². The van der Waals surface area contributed by atoms with Crippen LogP contribution in [0.15, 0.2) is 84.0 Å². The third-order valence-electron chi connectivity index (χ3n) is 5.22. The molecule has 0 atom stereocenters. The highest BCUT2D eigenvalue weighted by atomic mass is 32.2. The maximum atomic E-state index is 13.0. The highest BCUT2D eigenvalue weighted by Gasteiger charge is 2.21. The van der Waals surface area contributed by atoms with E-state index in [1.54, 1.807) is 36.4 Å². The van der Waals surface area contributed by atoms with Gasteiger partial charge in [0.2, 0.25) is 0 Å². The summed E-state index contributed by atoms with van der Waals surface area (Å²) < 4.78 is 33.8. The summed E-state index contributed by atoms with van der Waals surface area (Å²) in [6.07, 6.45) is 1.50. The fourth-order valence-corrected chi connectivity index (χ4v) is 4.60. The Morgan fingerprint density at radius 1 is 0.818 bits per heavy atom. The molecule has 3 aromatic carbocycles. The number of hydrogen-bond donors (Lipinski definition) is 2. The summed E-state index contributed by atoms with van der Waals surface area (Å²) in [6.45, 7) is 3.78. The largest absolute Gasteiger partial charge is 0.495 e. The van der Waals surface area contributed by atoms with Crippen molar-refractivity contribution in [3.8, 4) is 17.0 Å². The van der Waals surface area contributed by atoms with E-state index in [2.05, 4.69) is 20.0 Å². The predicted molar refractivity (Wildman–Crippen MR) is 130 cm³/mol. The molecule has 1 aromatic heterocycles. The molecule has 168 valence electrons. The van der Waals surface area contributed by atoms with Gasteiger partial charge in [0.25, 0.3) is 10.0 Å². The van der Waals surface area contributed by atoms with Gasteiger partial charge in [0.05, 0.1) is 12.8 Å². The van der Waals surface area contributed by atoms with Crippen LogP contribution < -0.4 is 14.8 Å². The smallest absolute Gasteiger partial charge is 0.265 e. The first-order valence-electron chi connectivity index (χ1n) is 10.3. The van der Waals surface area contributed by atoms with Gasteiger partial charge in [0.1, 0.15) is 22.8 Å². The lowest BCUT2D eigenvalue weighted by atomic mass is 10.1. The van der Waals surface area contributed by atoms with Crippen molar-refractivity contribution in [1.82, 2.24) is 9.97 Å². The zero-order valence-corrected chi connectivity index (χ0v) is 19.3. The molecule has 0 fully saturated rings. The molecule has 4 aromatic rings. The zero-order valence-electron chi connectivity index (χ0n) is 18.5. The van der Waals surface area contributed by atoms with Crippen LogP contribution in [0.2, 0.25) is 0 Å². The van der Waals surface area contributed by atoms with E-state index in [4.69, 9.17) is 4.74 Å². The van der Waals surface area contributed by atoms with Gasteiger partial charge in [-0.15, -0.1) is 0 Å². The quantitative estimate of drug-likeness (QED) is 0.388. The van der Waals surface area contributed by atoms with Crippen LogP contribution in [0.1, 0.15) is 11.1 Å². The van der Waals surface area contributed by atoms with Crippen LogP contribution in [0.25, 0.3) is 11.3 Å². The molecule has 0 aliphatic rings. The Labute approximate surface area is 193 Å². The van der Waals surface area contributed by atoms with Crippen molar-refractivity contribution in [2.45, 2.75) is 18.7 Å². The number of aryl methyl sites for hydroxylation is 2. The van der Waals surface area contributed by atoms with Crippen LogP contribution in [0.3, 0.4) is 0 Å². The average Bonchev–Trinajstić information content (AvgIpc) is 2.82. The third kappa shape index (κ3) is 5.12. The fourth-order valence-electron chi connectivity index (χ4n) is 3.30. The van der Waals surface area contributed by atoms with E-state index < -0.39 is 10.0 Å². The first-order chi connectivity index (χ1) is 15.9. The van der Waals surface area contributed by atoms with Crippen LogP contribution in [0.4, 0.5) is 17.2 Å². The lowest BCUT2D eigenvalue weighted by molar-refractivity contribution is 0.402. The second-order valence-electron chi connectivity index (χ2n) is 7.55. The van der Waals surface area contributed by atoms with Gasteiger partial charge in [-0.1, -0.05) is 30.3 Å². The molecule has 0 saturated carbocycles. The van der Waals surface area contributed by atoms with Gasteiger partial charge in [-0.25, -0.2) is 18.4 Å². The maximum Gasteiger partial charge on any atom is 0.265 e. The van der Waals surface area contributed by atoms with Crippen molar-refractivity contribution in [1.29, 1.82) is 0 Å². The highest BCUT2D eigenvalue weighted by Crippen LogP contribution is 2.29. The van der Waals surface area contributed by atoms with Crippen LogP contribution in [-0.2, 0) is 10.0 Å². The molecule has 7 nitrogen and oxygen atoms in total. The molecule has 0 radical (unpaired) electrons. The Morgan fingerprint density at radius 3 is 2.18 bits per heavy atom. The Morgan fingerprint density at radius 2 is 1.48 bits per heavy atom. The molecular formula is C25H24N4O3S. The fraction of sp³-hybridized carbons (Fsp3) is 0.120. The van der Waals surface area contributed by atoms with Crippen molar-refractivity contribution < 1.29 is 13.2 Å². The number of anilines is 3. The van der Waals surface area contributed by atoms with E-state index >= 15 is 0 Å². The minimum absolute atomic E-state index is 0.102. The lowest BCUT2D eigenvalue weighted by Gasteiger charge is -2.14. The third-order valence-corrected chi connectivity index (χ3v) is 6.62. The van der Waals surface area contributed by atoms with Gasteiger partial charge in [-0.3, -0.25) is 4.72 Å². The number of benzene rings is 3. The molecule has 0 bridgehead atoms. The van der Waals surface area contributed by atoms with E-state index in [-0.39, 0.29) is 4.90 Å². The van der Waals surface area contributed by atoms with Crippen LogP contribution in [0.5, 0.6) is 5.75 Å². The summed E-state index contributed by atoms with van der Waals surface area (Å²) >= 11 is 0. The first-order valence-corrected chi connectivity index (χ1v) is 11.8. The lowest BCUT2D eigenvalue weighted by Crippen LogP contribution is -2.14. The average molecular weight is 461 g/mol. The Balaban J connectivity index is 1.51. The molecule has 0 amide bonds. The number of ether oxygens (including phenoxy) is 1. The number of nitrogens with zero attached hydrogens (tertiary/aromatic N) is 2. The Hall–Kier alpha value is -3.91. The second kappa shape index (κ2) is 9.30. The molecule has 0 aliphatic carbocycles. The van der Waals surface area contributed by atoms with E-state index in [9.17, 15) is 8.42 Å². The summed E-state index contributed by atoms with van der Waals surface area (Å²) in [5.41, 5.74) is 4.83. The molecule has 0 spiro atoms. The number of sulfonamides is 1. The van der Waals surface area contributed by atoms with Gasteiger partial charge in [-0.2, -0.15) is 0 Å². The van der Waals surface area contributed by atoms with E-state index in [0.29, 0.717) is 17.3 Å². The van der Waals surface area contributed by atoms with Crippen LogP contribution in [0, 0.1) is 13.8 Å². The second-order valence-corrected chi connectivity index (χ2v) is 9.20. The molecule has 8 heteroatoms. The van der Waals surface area contributed by atoms with Gasteiger partial charge in [0, 0.05) is 23.0 Å². The van der Waals surface area contributed by atoms with E-state index in [1.807, 2.05) is 50.2 Å². The minimum Gasteiger partial charge on any atom is -0.495 e. The summed E-state index contributed by atoms with van der Waals surface area (Å²) in [7, 11) is -2.36. The Bertz CT molecular complexity index is 1370. The normalized spacial score (nSPS) is 11.1. The predicted octanol–water partition coefficient (Wildman–Crippen LogP) is 5.31. The molecule has 1 heterocycles. The topological polar surface area (TPSA) is 93.2 Å². The van der Waals surface area contributed by atoms with Gasteiger partial charge in [-0.05, 0) is 61.4 Å². The SMILES string of the molecule is COc1cc(C)c(C)cc1S(=O)(=O)Nc1ccc(Nc2cc(-c3ccccc3)ncn2)cc1. The van der Waals surface area contributed by atoms with Crippen LogP contribution >= 0.6 is 0 Å². The monoisotopic (exact) mass is 460 g/mol. The number of nitrogens with one attached hydrogen (secondary N) is 2. The summed E-state index contributed by atoms with van der Waals surface area (Å²) in [6, 6.07) is 22.0. The van der Waals surface area contributed by atoms with Gasteiger partial charge >= 0.3 is 0 Å². The molecule has 33 heavy (non-hydrogen) atoms. The molecule has 0 aliphatic heterocycles. The van der Waals surface area contributed by atoms with Crippen molar-refractivity contribution in [2.24, 2.45) is 0 Å². The molecule has 2 N–H and O–H groups in total. The van der Waals surface area contributed by atoms with Crippen molar-refractivity contribution in [2.75, 3.05) is 17.1 Å². The molecule has 0 unspecified atom stereocenters. The number of hydrogen-bond acceptors (Lipinski definition) is 6. The minimum atomic E-state index is -3.82. The van der Waals surface area contributed by atoms with Crippen molar-refractivity contribution >= 4 is 27.2 Å². The standard InChI is InChI=1S/C25H24N4O3S/c1-17-13-23(32-3)24(14-18(17)2)33(30,31)29-21-11-9-20(10-12-21)28-25-15-22(26-16-27-25)19-7-5-4-6-8-19/h4-16,29H,1-3H3,(H,26,27,28). The number of rotatable bonds is 7. The summed E-state index contributed by atoms with van der Waals surface area (Å²) in [4.78, 5) is 8.69. The first kappa shape index (κ1) is 22.3. The number of aromatic nitrogens is 2. The summed E-state index contributed by atoms with van der Waals surface area (Å²) in [5, 5.41) is 3.22. The number of methoxy groups -OCH3 is 1. The zero-order chi connectivity index (χ0) is 23.4. The molecule has 0 saturated heterocycles. The van der Waals surface area contributed by atoms with Crippen molar-refractivity contribution in [3.05, 3.63) is 90.3 Å². The molecular weight excluding hydrogens is 436 g/mol. The van der Waals surface area contributed by atoms with E-state index in [0.717, 1.165) is 28.1 Å². The summed E-state index contributed by atoms with van der Waals surface area (Å²) in [5.74, 6) is 0.943. The van der Waals surface area contributed by atoms with Gasteiger partial charge < -0.3 is 10.1 Å². The van der Waals surface area contributed by atoms with Crippen molar-refractivity contribution in [3.63, 3.8) is 0 Å². The highest BCUT2D eigenvalue weighted by molar-refractivity contribution is 7.92. The van der Waals surface area contributed by atoms with Crippen LogP contribution in [-0.4, -0.2) is 25.5 Å². The molecule has 4 rings (SSSR count). The Kier molecular flexibility index (Phi) is 6.28. The maximum absolute atomic E-state index is 13.0. The van der Waals surface area contributed by atoms with E-state index in [1.165, 1.54) is 13.4 Å².